The van der Waals surface area contributed by atoms with E-state index in [9.17, 15) is 35.1 Å². The van der Waals surface area contributed by atoms with Crippen LogP contribution in [0.5, 0.6) is 0 Å². The summed E-state index contributed by atoms with van der Waals surface area (Å²) in [6.07, 6.45) is -9.40. The van der Waals surface area contributed by atoms with Gasteiger partial charge in [-0.3, -0.25) is 0 Å². The Morgan fingerprint density at radius 3 is 2.17 bits per heavy atom. The van der Waals surface area contributed by atoms with Crippen LogP contribution < -0.4 is 5.01 Å². The van der Waals surface area contributed by atoms with Gasteiger partial charge >= 0.3 is 12.5 Å². The van der Waals surface area contributed by atoms with Crippen LogP contribution in [0.3, 0.4) is 0 Å². The van der Waals surface area contributed by atoms with E-state index in [1.165, 1.54) is 24.3 Å². The first kappa shape index (κ1) is 28.9. The molecule has 1 aliphatic heterocycles. The smallest absolute Gasteiger partial charge is 0.212 e. The number of alkyl halides is 6. The van der Waals surface area contributed by atoms with Gasteiger partial charge in [0.2, 0.25) is 0 Å². The minimum Gasteiger partial charge on any atom is -0.212 e. The number of anilines is 1. The number of fused-ring (bicyclic) bond motifs is 1. The number of halogens is 9. The van der Waals surface area contributed by atoms with E-state index in [4.69, 9.17) is 11.6 Å². The maximum atomic E-state index is 14.7. The SMILES string of the molecule is Fc1ccc(C(F)(F)F)cc1CCc1cccc(C2c3ccccc3N(C(F)(F)F)N2Cc2ccc(Cl)cc2F)c1. The van der Waals surface area contributed by atoms with Crippen molar-refractivity contribution in [2.75, 3.05) is 5.01 Å². The average molecular weight is 597 g/mol. The molecule has 0 spiro atoms. The first-order chi connectivity index (χ1) is 19.3. The van der Waals surface area contributed by atoms with Gasteiger partial charge in [0.05, 0.1) is 17.3 Å². The van der Waals surface area contributed by atoms with Crippen molar-refractivity contribution in [2.24, 2.45) is 0 Å². The van der Waals surface area contributed by atoms with Crippen LogP contribution in [0.25, 0.3) is 0 Å². The summed E-state index contributed by atoms with van der Waals surface area (Å²) in [5.74, 6) is -1.54. The molecule has 0 N–H and O–H groups in total. The summed E-state index contributed by atoms with van der Waals surface area (Å²) in [4.78, 5) is 0. The second kappa shape index (κ2) is 11.0. The van der Waals surface area contributed by atoms with Crippen LogP contribution in [0.1, 0.15) is 39.4 Å². The lowest BCUT2D eigenvalue weighted by Crippen LogP contribution is -2.48. The molecule has 0 aliphatic carbocycles. The summed E-state index contributed by atoms with van der Waals surface area (Å²) in [7, 11) is 0. The van der Waals surface area contributed by atoms with Gasteiger partial charge in [-0.25, -0.2) is 13.8 Å². The van der Waals surface area contributed by atoms with Crippen LogP contribution in [0.15, 0.2) is 84.9 Å². The lowest BCUT2D eigenvalue weighted by atomic mass is 9.94. The van der Waals surface area contributed by atoms with E-state index < -0.39 is 42.3 Å². The molecule has 0 saturated heterocycles. The molecule has 1 heterocycles. The number of rotatable bonds is 6. The van der Waals surface area contributed by atoms with Crippen LogP contribution in [0.2, 0.25) is 5.02 Å². The number of nitrogens with zero attached hydrogens (tertiary/aromatic N) is 2. The van der Waals surface area contributed by atoms with Gasteiger partial charge in [0, 0.05) is 22.7 Å². The van der Waals surface area contributed by atoms with Gasteiger partial charge in [-0.15, -0.1) is 13.2 Å². The lowest BCUT2D eigenvalue weighted by Gasteiger charge is -2.35. The van der Waals surface area contributed by atoms with Crippen molar-refractivity contribution in [2.45, 2.75) is 37.9 Å². The molecule has 1 unspecified atom stereocenters. The Morgan fingerprint density at radius 1 is 0.707 bits per heavy atom. The Labute approximate surface area is 235 Å². The first-order valence-corrected chi connectivity index (χ1v) is 12.8. The minimum atomic E-state index is -4.84. The summed E-state index contributed by atoms with van der Waals surface area (Å²) in [5.41, 5.74) is 0.149. The second-order valence-electron chi connectivity index (χ2n) is 9.62. The van der Waals surface area contributed by atoms with Gasteiger partial charge < -0.3 is 0 Å². The van der Waals surface area contributed by atoms with Gasteiger partial charge in [-0.1, -0.05) is 60.1 Å². The van der Waals surface area contributed by atoms with Crippen molar-refractivity contribution in [1.29, 1.82) is 0 Å². The molecule has 0 fully saturated rings. The van der Waals surface area contributed by atoms with E-state index in [1.54, 1.807) is 36.4 Å². The molecule has 0 saturated carbocycles. The number of hydrogen-bond acceptors (Lipinski definition) is 2. The molecule has 4 aromatic rings. The molecule has 11 heteroatoms. The molecule has 0 amide bonds. The third-order valence-electron chi connectivity index (χ3n) is 6.92. The summed E-state index contributed by atoms with van der Waals surface area (Å²) in [5, 5.41) is 1.30. The highest BCUT2D eigenvalue weighted by Gasteiger charge is 2.50. The number of benzene rings is 4. The standard InChI is InChI=1S/C30H21ClF8N2/c31-23-12-10-21(26(33)16-23)17-40-28(24-6-1-2-7-27(24)41(40)30(37,38)39)20-5-3-4-18(14-20)8-9-19-15-22(29(34,35)36)11-13-25(19)32/h1-7,10-16,28H,8-9,17H2. The van der Waals surface area contributed by atoms with E-state index in [-0.39, 0.29) is 39.7 Å². The molecule has 0 bridgehead atoms. The van der Waals surface area contributed by atoms with Crippen molar-refractivity contribution in [3.63, 3.8) is 0 Å². The van der Waals surface area contributed by atoms with Crippen molar-refractivity contribution >= 4 is 17.3 Å². The zero-order valence-electron chi connectivity index (χ0n) is 21.1. The second-order valence-corrected chi connectivity index (χ2v) is 10.1. The third-order valence-corrected chi connectivity index (χ3v) is 7.16. The van der Waals surface area contributed by atoms with Gasteiger partial charge in [-0.05, 0) is 65.9 Å². The molecular weight excluding hydrogens is 576 g/mol. The summed E-state index contributed by atoms with van der Waals surface area (Å²) in [6, 6.07) is 17.5. The predicted molar refractivity (Wildman–Crippen MR) is 139 cm³/mol. The lowest BCUT2D eigenvalue weighted by molar-refractivity contribution is -0.162. The fourth-order valence-corrected chi connectivity index (χ4v) is 5.25. The van der Waals surface area contributed by atoms with Crippen molar-refractivity contribution in [3.8, 4) is 0 Å². The zero-order chi connectivity index (χ0) is 29.5. The minimum absolute atomic E-state index is 0.00219. The summed E-state index contributed by atoms with van der Waals surface area (Å²) in [6.45, 7) is -0.443. The van der Waals surface area contributed by atoms with Crippen LogP contribution in [0.4, 0.5) is 40.8 Å². The Balaban J connectivity index is 1.51. The van der Waals surface area contributed by atoms with E-state index >= 15 is 0 Å². The topological polar surface area (TPSA) is 6.48 Å². The van der Waals surface area contributed by atoms with Gasteiger partial charge in [0.25, 0.3) is 0 Å². The molecule has 214 valence electrons. The zero-order valence-corrected chi connectivity index (χ0v) is 21.8. The number of aryl methyl sites for hydroxylation is 2. The summed E-state index contributed by atoms with van der Waals surface area (Å²) < 4.78 is 112. The Morgan fingerprint density at radius 2 is 1.46 bits per heavy atom. The van der Waals surface area contributed by atoms with E-state index in [1.807, 2.05) is 0 Å². The molecule has 1 aliphatic rings. The highest BCUT2D eigenvalue weighted by Crippen LogP contribution is 2.49. The monoisotopic (exact) mass is 596 g/mol. The molecule has 41 heavy (non-hydrogen) atoms. The predicted octanol–water partition coefficient (Wildman–Crippen LogP) is 9.27. The first-order valence-electron chi connectivity index (χ1n) is 12.4. The largest absolute Gasteiger partial charge is 0.499 e. The quantitative estimate of drug-likeness (QED) is 0.162. The van der Waals surface area contributed by atoms with Crippen LogP contribution in [-0.4, -0.2) is 11.3 Å². The van der Waals surface area contributed by atoms with E-state index in [2.05, 4.69) is 0 Å². The maximum absolute atomic E-state index is 14.7. The average Bonchev–Trinajstić information content (AvgIpc) is 3.23. The molecular formula is C30H21ClF8N2. The van der Waals surface area contributed by atoms with Crippen LogP contribution >= 0.6 is 11.6 Å². The van der Waals surface area contributed by atoms with E-state index in [0.29, 0.717) is 22.8 Å². The number of hydrogen-bond donors (Lipinski definition) is 0. The maximum Gasteiger partial charge on any atom is 0.499 e. The van der Waals surface area contributed by atoms with Gasteiger partial charge in [0.15, 0.2) is 0 Å². The Bertz CT molecular complexity index is 1570. The molecule has 0 radical (unpaired) electrons. The normalized spacial score (nSPS) is 15.8. The molecule has 5 rings (SSSR count). The van der Waals surface area contributed by atoms with Gasteiger partial charge in [0.1, 0.15) is 11.6 Å². The highest BCUT2D eigenvalue weighted by atomic mass is 35.5. The fourth-order valence-electron chi connectivity index (χ4n) is 5.09. The molecule has 4 aromatic carbocycles. The van der Waals surface area contributed by atoms with Crippen molar-refractivity contribution < 1.29 is 35.1 Å². The Hall–Kier alpha value is -3.63. The van der Waals surface area contributed by atoms with Gasteiger partial charge in [-0.2, -0.15) is 18.2 Å². The molecule has 2 nitrogen and oxygen atoms in total. The van der Waals surface area contributed by atoms with Crippen LogP contribution in [-0.2, 0) is 25.6 Å². The third kappa shape index (κ3) is 6.04. The molecule has 1 atom stereocenters. The van der Waals surface area contributed by atoms with Crippen LogP contribution in [0, 0.1) is 11.6 Å². The van der Waals surface area contributed by atoms with Crippen molar-refractivity contribution in [1.82, 2.24) is 5.01 Å². The molecule has 0 aromatic heterocycles. The highest BCUT2D eigenvalue weighted by molar-refractivity contribution is 6.30. The van der Waals surface area contributed by atoms with E-state index in [0.717, 1.165) is 23.2 Å². The number of hydrazine groups is 1. The Kier molecular flexibility index (Phi) is 7.74. The van der Waals surface area contributed by atoms with Crippen molar-refractivity contribution in [3.05, 3.63) is 135 Å². The summed E-state index contributed by atoms with van der Waals surface area (Å²) >= 11 is 5.84. The number of para-hydroxylation sites is 1. The fraction of sp³-hybridized carbons (Fsp3) is 0.200.